The lowest BCUT2D eigenvalue weighted by atomic mass is 10.1. The largest absolute Gasteiger partial charge is 0.237 e. The highest BCUT2D eigenvalue weighted by atomic mass is 79.9. The molecule has 2 nitrogen and oxygen atoms in total. The van der Waals surface area contributed by atoms with E-state index in [1.165, 1.54) is 40.9 Å². The molecule has 0 radical (unpaired) electrons. The van der Waals surface area contributed by atoms with Crippen LogP contribution in [0.15, 0.2) is 24.4 Å². The van der Waals surface area contributed by atoms with E-state index in [4.69, 9.17) is 0 Å². The molecule has 0 spiro atoms. The fraction of sp³-hybridized carbons (Fsp3) is 0.400. The first-order valence-electron chi connectivity index (χ1n) is 6.41. The third-order valence-electron chi connectivity index (χ3n) is 3.59. The molecule has 0 N–H and O–H groups in total. The summed E-state index contributed by atoms with van der Waals surface area (Å²) in [7, 11) is 0. The number of nitrogens with zero attached hydrogens (tertiary/aromatic N) is 2. The van der Waals surface area contributed by atoms with E-state index < -0.39 is 0 Å². The molecule has 1 saturated carbocycles. The van der Waals surface area contributed by atoms with Crippen molar-refractivity contribution in [1.29, 1.82) is 0 Å². The van der Waals surface area contributed by atoms with Crippen LogP contribution in [0.4, 0.5) is 0 Å². The van der Waals surface area contributed by atoms with E-state index in [9.17, 15) is 0 Å². The van der Waals surface area contributed by atoms with Crippen LogP contribution in [0.2, 0.25) is 0 Å². The number of aryl methyl sites for hydroxylation is 2. The maximum Gasteiger partial charge on any atom is 0.0680 e. The summed E-state index contributed by atoms with van der Waals surface area (Å²) in [4.78, 5) is 0. The van der Waals surface area contributed by atoms with Gasteiger partial charge in [-0.25, -0.2) is 4.68 Å². The smallest absolute Gasteiger partial charge is 0.0680 e. The molecule has 0 atom stereocenters. The molecule has 3 heteroatoms. The molecule has 0 saturated heterocycles. The average Bonchev–Trinajstić information content (AvgIpc) is 3.12. The Balaban J connectivity index is 2.16. The van der Waals surface area contributed by atoms with E-state index in [1.54, 1.807) is 0 Å². The summed E-state index contributed by atoms with van der Waals surface area (Å²) < 4.78 is 2.15. The number of aromatic nitrogens is 2. The number of benzene rings is 1. The monoisotopic (exact) mass is 304 g/mol. The fourth-order valence-corrected chi connectivity index (χ4v) is 2.86. The molecule has 3 rings (SSSR count). The second kappa shape index (κ2) is 4.54. The first-order valence-corrected chi connectivity index (χ1v) is 7.53. The predicted molar refractivity (Wildman–Crippen MR) is 77.6 cm³/mol. The van der Waals surface area contributed by atoms with Crippen LogP contribution in [-0.2, 0) is 5.33 Å². The van der Waals surface area contributed by atoms with Gasteiger partial charge in [-0.2, -0.15) is 5.10 Å². The third kappa shape index (κ3) is 2.01. The molecule has 18 heavy (non-hydrogen) atoms. The number of alkyl halides is 1. The van der Waals surface area contributed by atoms with Gasteiger partial charge in [0.2, 0.25) is 0 Å². The van der Waals surface area contributed by atoms with Crippen molar-refractivity contribution in [2.75, 3.05) is 0 Å². The summed E-state index contributed by atoms with van der Waals surface area (Å²) in [6.07, 6.45) is 4.61. The first-order chi connectivity index (χ1) is 8.70. The van der Waals surface area contributed by atoms with Gasteiger partial charge in [0.05, 0.1) is 17.6 Å². The highest BCUT2D eigenvalue weighted by Gasteiger charge is 2.30. The molecule has 0 unspecified atom stereocenters. The average molecular weight is 305 g/mol. The zero-order chi connectivity index (χ0) is 12.7. The van der Waals surface area contributed by atoms with Gasteiger partial charge in [0.25, 0.3) is 0 Å². The standard InChI is InChI=1S/C15H17BrN2/c1-10-3-4-11(2)14(7-10)18-15(12-5-6-12)13(8-16)9-17-18/h3-4,7,9,12H,5-6,8H2,1-2H3. The lowest BCUT2D eigenvalue weighted by Gasteiger charge is -2.11. The minimum absolute atomic E-state index is 0.708. The van der Waals surface area contributed by atoms with Gasteiger partial charge in [-0.15, -0.1) is 0 Å². The van der Waals surface area contributed by atoms with Crippen LogP contribution in [0.1, 0.15) is 41.1 Å². The Morgan fingerprint density at radius 2 is 2.11 bits per heavy atom. The van der Waals surface area contributed by atoms with Gasteiger partial charge in [0.1, 0.15) is 0 Å². The molecule has 0 aliphatic heterocycles. The SMILES string of the molecule is Cc1ccc(C)c(-n2ncc(CBr)c2C2CC2)c1. The van der Waals surface area contributed by atoms with Crippen LogP contribution in [0, 0.1) is 13.8 Å². The van der Waals surface area contributed by atoms with Gasteiger partial charge in [0, 0.05) is 16.8 Å². The lowest BCUT2D eigenvalue weighted by molar-refractivity contribution is 0.799. The number of halogens is 1. The fourth-order valence-electron chi connectivity index (χ4n) is 2.43. The van der Waals surface area contributed by atoms with Crippen molar-refractivity contribution in [2.45, 2.75) is 37.9 Å². The van der Waals surface area contributed by atoms with Crippen molar-refractivity contribution >= 4 is 15.9 Å². The Morgan fingerprint density at radius 3 is 2.78 bits per heavy atom. The maximum absolute atomic E-state index is 4.61. The highest BCUT2D eigenvalue weighted by Crippen LogP contribution is 2.43. The van der Waals surface area contributed by atoms with Gasteiger partial charge < -0.3 is 0 Å². The van der Waals surface area contributed by atoms with Crippen molar-refractivity contribution < 1.29 is 0 Å². The Labute approximate surface area is 116 Å². The van der Waals surface area contributed by atoms with Crippen molar-refractivity contribution in [3.63, 3.8) is 0 Å². The zero-order valence-corrected chi connectivity index (χ0v) is 12.4. The summed E-state index contributed by atoms with van der Waals surface area (Å²) >= 11 is 3.57. The highest BCUT2D eigenvalue weighted by molar-refractivity contribution is 9.08. The molecule has 1 aromatic carbocycles. The van der Waals surface area contributed by atoms with Gasteiger partial charge >= 0.3 is 0 Å². The molecule has 1 aliphatic rings. The van der Waals surface area contributed by atoms with Gasteiger partial charge in [0.15, 0.2) is 0 Å². The summed E-state index contributed by atoms with van der Waals surface area (Å²) in [5, 5.41) is 5.50. The molecule has 1 aromatic heterocycles. The normalized spacial score (nSPS) is 15.1. The molecule has 1 aliphatic carbocycles. The number of rotatable bonds is 3. The van der Waals surface area contributed by atoms with Crippen LogP contribution >= 0.6 is 15.9 Å². The van der Waals surface area contributed by atoms with Crippen molar-refractivity contribution in [3.8, 4) is 5.69 Å². The molecular formula is C15H17BrN2. The summed E-state index contributed by atoms with van der Waals surface area (Å²) in [6.45, 7) is 4.29. The predicted octanol–water partition coefficient (Wildman–Crippen LogP) is 4.26. The van der Waals surface area contributed by atoms with Crippen LogP contribution in [0.25, 0.3) is 5.69 Å². The van der Waals surface area contributed by atoms with Crippen LogP contribution in [-0.4, -0.2) is 9.78 Å². The lowest BCUT2D eigenvalue weighted by Crippen LogP contribution is -2.04. The Morgan fingerprint density at radius 1 is 1.33 bits per heavy atom. The van der Waals surface area contributed by atoms with E-state index in [0.717, 1.165) is 5.33 Å². The minimum Gasteiger partial charge on any atom is -0.237 e. The van der Waals surface area contributed by atoms with E-state index in [1.807, 2.05) is 6.20 Å². The Hall–Kier alpha value is -1.09. The van der Waals surface area contributed by atoms with Crippen LogP contribution in [0.3, 0.4) is 0 Å². The van der Waals surface area contributed by atoms with Crippen molar-refractivity contribution in [3.05, 3.63) is 46.8 Å². The Kier molecular flexibility index (Phi) is 3.02. The minimum atomic E-state index is 0.708. The quantitative estimate of drug-likeness (QED) is 0.775. The number of hydrogen-bond donors (Lipinski definition) is 0. The third-order valence-corrected chi connectivity index (χ3v) is 4.19. The molecular weight excluding hydrogens is 288 g/mol. The second-order valence-corrected chi connectivity index (χ2v) is 5.73. The second-order valence-electron chi connectivity index (χ2n) is 5.16. The van der Waals surface area contributed by atoms with E-state index >= 15 is 0 Å². The molecule has 0 amide bonds. The zero-order valence-electron chi connectivity index (χ0n) is 10.8. The van der Waals surface area contributed by atoms with Crippen molar-refractivity contribution in [1.82, 2.24) is 9.78 Å². The van der Waals surface area contributed by atoms with Crippen molar-refractivity contribution in [2.24, 2.45) is 0 Å². The van der Waals surface area contributed by atoms with Crippen LogP contribution < -0.4 is 0 Å². The Bertz CT molecular complexity index is 582. The van der Waals surface area contributed by atoms with E-state index in [2.05, 4.69) is 57.8 Å². The maximum atomic E-state index is 4.61. The number of hydrogen-bond acceptors (Lipinski definition) is 1. The molecule has 1 fully saturated rings. The first kappa shape index (κ1) is 12.0. The van der Waals surface area contributed by atoms with Gasteiger partial charge in [-0.1, -0.05) is 28.1 Å². The topological polar surface area (TPSA) is 17.8 Å². The molecule has 1 heterocycles. The summed E-state index contributed by atoms with van der Waals surface area (Å²) in [5.74, 6) is 0.708. The summed E-state index contributed by atoms with van der Waals surface area (Å²) in [6, 6.07) is 6.56. The van der Waals surface area contributed by atoms with E-state index in [0.29, 0.717) is 5.92 Å². The van der Waals surface area contributed by atoms with E-state index in [-0.39, 0.29) is 0 Å². The van der Waals surface area contributed by atoms with Crippen LogP contribution in [0.5, 0.6) is 0 Å². The summed E-state index contributed by atoms with van der Waals surface area (Å²) in [5.41, 5.74) is 6.53. The molecule has 2 aromatic rings. The van der Waals surface area contributed by atoms with Gasteiger partial charge in [-0.05, 0) is 43.9 Å². The van der Waals surface area contributed by atoms with Gasteiger partial charge in [-0.3, -0.25) is 0 Å². The molecule has 0 bridgehead atoms. The molecule has 94 valence electrons.